The van der Waals surface area contributed by atoms with Gasteiger partial charge in [0.15, 0.2) is 0 Å². The molecular formula is C10H15F3N2O3S. The number of carbonyl (C=O) groups excluding carboxylic acids is 1. The topological polar surface area (TPSA) is 57.7 Å². The summed E-state index contributed by atoms with van der Waals surface area (Å²) < 4.78 is 60.9. The fraction of sp³-hybridized carbons (Fsp3) is 0.900. The highest BCUT2D eigenvalue weighted by Crippen LogP contribution is 2.41. The Morgan fingerprint density at radius 3 is 2.26 bits per heavy atom. The summed E-state index contributed by atoms with van der Waals surface area (Å²) in [6, 6.07) is 0. The SMILES string of the molecule is CS(=O)(=O)N1CCCC2(CN(C(=O)C(F)(F)F)C2)C1. The van der Waals surface area contributed by atoms with Crippen molar-refractivity contribution >= 4 is 15.9 Å². The second-order valence-electron chi connectivity index (χ2n) is 5.36. The first-order valence-corrected chi connectivity index (χ1v) is 7.70. The van der Waals surface area contributed by atoms with Crippen LogP contribution in [0.1, 0.15) is 12.8 Å². The van der Waals surface area contributed by atoms with Crippen molar-refractivity contribution in [1.29, 1.82) is 0 Å². The zero-order valence-corrected chi connectivity index (χ0v) is 11.2. The van der Waals surface area contributed by atoms with Gasteiger partial charge >= 0.3 is 12.1 Å². The lowest BCUT2D eigenvalue weighted by atomic mass is 9.74. The zero-order chi connectivity index (χ0) is 14.5. The van der Waals surface area contributed by atoms with Gasteiger partial charge in [0.2, 0.25) is 10.0 Å². The van der Waals surface area contributed by atoms with E-state index < -0.39 is 27.5 Å². The molecule has 0 aromatic heterocycles. The van der Waals surface area contributed by atoms with E-state index in [4.69, 9.17) is 0 Å². The number of sulfonamides is 1. The highest BCUT2D eigenvalue weighted by molar-refractivity contribution is 7.88. The number of rotatable bonds is 1. The highest BCUT2D eigenvalue weighted by Gasteiger charge is 2.54. The normalized spacial score (nSPS) is 24.3. The van der Waals surface area contributed by atoms with Crippen molar-refractivity contribution < 1.29 is 26.4 Å². The molecule has 1 amide bonds. The Bertz CT molecular complexity index is 483. The predicted molar refractivity (Wildman–Crippen MR) is 60.7 cm³/mol. The van der Waals surface area contributed by atoms with Crippen molar-refractivity contribution in [2.24, 2.45) is 5.41 Å². The lowest BCUT2D eigenvalue weighted by molar-refractivity contribution is -0.198. The molecule has 0 unspecified atom stereocenters. The lowest BCUT2D eigenvalue weighted by Crippen LogP contribution is -2.66. The quantitative estimate of drug-likeness (QED) is 0.706. The van der Waals surface area contributed by atoms with Crippen molar-refractivity contribution in [1.82, 2.24) is 9.21 Å². The number of halogens is 3. The highest BCUT2D eigenvalue weighted by atomic mass is 32.2. The molecule has 0 aromatic carbocycles. The van der Waals surface area contributed by atoms with E-state index in [9.17, 15) is 26.4 Å². The zero-order valence-electron chi connectivity index (χ0n) is 10.4. The number of hydrogen-bond acceptors (Lipinski definition) is 3. The standard InChI is InChI=1S/C10H15F3N2O3S/c1-19(17,18)15-4-2-3-9(7-15)5-14(6-9)8(16)10(11,12)13/h2-7H2,1H3. The molecule has 0 bridgehead atoms. The third-order valence-electron chi connectivity index (χ3n) is 3.68. The van der Waals surface area contributed by atoms with E-state index in [1.165, 1.54) is 4.31 Å². The molecule has 9 heteroatoms. The van der Waals surface area contributed by atoms with Crippen LogP contribution >= 0.6 is 0 Å². The minimum Gasteiger partial charge on any atom is -0.334 e. The number of amides is 1. The van der Waals surface area contributed by atoms with E-state index >= 15 is 0 Å². The molecule has 0 atom stereocenters. The van der Waals surface area contributed by atoms with Crippen LogP contribution in [0, 0.1) is 5.41 Å². The largest absolute Gasteiger partial charge is 0.471 e. The van der Waals surface area contributed by atoms with E-state index in [1.54, 1.807) is 0 Å². The van der Waals surface area contributed by atoms with Crippen molar-refractivity contribution in [3.8, 4) is 0 Å². The molecular weight excluding hydrogens is 285 g/mol. The van der Waals surface area contributed by atoms with Gasteiger partial charge in [0.1, 0.15) is 0 Å². The van der Waals surface area contributed by atoms with Crippen LogP contribution in [0.5, 0.6) is 0 Å². The third kappa shape index (κ3) is 2.86. The van der Waals surface area contributed by atoms with Crippen LogP contribution in [0.15, 0.2) is 0 Å². The minimum absolute atomic E-state index is 0.0165. The Kier molecular flexibility index (Phi) is 3.33. The molecule has 2 rings (SSSR count). The summed E-state index contributed by atoms with van der Waals surface area (Å²) in [6.45, 7) is 0.565. The van der Waals surface area contributed by atoms with Gasteiger partial charge in [-0.15, -0.1) is 0 Å². The van der Waals surface area contributed by atoms with E-state index in [0.29, 0.717) is 19.4 Å². The van der Waals surface area contributed by atoms with Gasteiger partial charge < -0.3 is 4.90 Å². The van der Waals surface area contributed by atoms with E-state index in [0.717, 1.165) is 11.2 Å². The average Bonchev–Trinajstić information content (AvgIpc) is 2.22. The summed E-state index contributed by atoms with van der Waals surface area (Å²) in [5.41, 5.74) is -0.498. The number of nitrogens with zero attached hydrogens (tertiary/aromatic N) is 2. The van der Waals surface area contributed by atoms with Gasteiger partial charge in [-0.05, 0) is 12.8 Å². The molecule has 2 aliphatic heterocycles. The Morgan fingerprint density at radius 2 is 1.79 bits per heavy atom. The van der Waals surface area contributed by atoms with Gasteiger partial charge in [0.25, 0.3) is 0 Å². The van der Waals surface area contributed by atoms with Gasteiger partial charge in [-0.2, -0.15) is 13.2 Å². The summed E-state index contributed by atoms with van der Waals surface area (Å²) in [6.07, 6.45) is -2.50. The molecule has 0 N–H and O–H groups in total. The molecule has 0 saturated carbocycles. The second kappa shape index (κ2) is 4.34. The Hall–Kier alpha value is -0.830. The van der Waals surface area contributed by atoms with Gasteiger partial charge in [-0.1, -0.05) is 0 Å². The maximum atomic E-state index is 12.2. The number of carbonyl (C=O) groups is 1. The third-order valence-corrected chi connectivity index (χ3v) is 4.93. The molecule has 2 aliphatic rings. The number of likely N-dealkylation sites (tertiary alicyclic amines) is 1. The molecule has 19 heavy (non-hydrogen) atoms. The Labute approximate surface area is 109 Å². The molecule has 0 aliphatic carbocycles. The minimum atomic E-state index is -4.85. The summed E-state index contributed by atoms with van der Waals surface area (Å²) in [5.74, 6) is -1.84. The Morgan fingerprint density at radius 1 is 1.21 bits per heavy atom. The Balaban J connectivity index is 2.00. The maximum absolute atomic E-state index is 12.2. The van der Waals surface area contributed by atoms with Crippen LogP contribution in [0.2, 0.25) is 0 Å². The predicted octanol–water partition coefficient (Wildman–Crippen LogP) is 0.433. The van der Waals surface area contributed by atoms with Crippen LogP contribution in [0.25, 0.3) is 0 Å². The lowest BCUT2D eigenvalue weighted by Gasteiger charge is -2.54. The number of alkyl halides is 3. The van der Waals surface area contributed by atoms with Gasteiger partial charge in [0.05, 0.1) is 6.26 Å². The van der Waals surface area contributed by atoms with Crippen LogP contribution in [0.4, 0.5) is 13.2 Å². The molecule has 2 saturated heterocycles. The molecule has 0 aromatic rings. The van der Waals surface area contributed by atoms with E-state index in [-0.39, 0.29) is 19.6 Å². The molecule has 2 fully saturated rings. The van der Waals surface area contributed by atoms with E-state index in [1.807, 2.05) is 0 Å². The van der Waals surface area contributed by atoms with Crippen LogP contribution in [-0.4, -0.2) is 62.1 Å². The summed E-state index contributed by atoms with van der Waals surface area (Å²) in [5, 5.41) is 0. The summed E-state index contributed by atoms with van der Waals surface area (Å²) in [7, 11) is -3.33. The average molecular weight is 300 g/mol. The fourth-order valence-corrected chi connectivity index (χ4v) is 3.76. The van der Waals surface area contributed by atoms with Crippen molar-refractivity contribution in [3.63, 3.8) is 0 Å². The smallest absolute Gasteiger partial charge is 0.334 e. The fourth-order valence-electron chi connectivity index (χ4n) is 2.79. The molecule has 0 radical (unpaired) electrons. The summed E-state index contributed by atoms with van der Waals surface area (Å²) in [4.78, 5) is 11.8. The van der Waals surface area contributed by atoms with Crippen LogP contribution in [0.3, 0.4) is 0 Å². The van der Waals surface area contributed by atoms with Crippen molar-refractivity contribution in [2.45, 2.75) is 19.0 Å². The molecule has 5 nitrogen and oxygen atoms in total. The first-order valence-electron chi connectivity index (χ1n) is 5.85. The van der Waals surface area contributed by atoms with Crippen molar-refractivity contribution in [3.05, 3.63) is 0 Å². The van der Waals surface area contributed by atoms with Crippen molar-refractivity contribution in [2.75, 3.05) is 32.4 Å². The molecule has 110 valence electrons. The maximum Gasteiger partial charge on any atom is 0.471 e. The first kappa shape index (κ1) is 14.6. The first-order chi connectivity index (χ1) is 8.54. The monoisotopic (exact) mass is 300 g/mol. The molecule has 2 heterocycles. The summed E-state index contributed by atoms with van der Waals surface area (Å²) >= 11 is 0. The number of piperidine rings is 1. The van der Waals surface area contributed by atoms with Crippen LogP contribution < -0.4 is 0 Å². The van der Waals surface area contributed by atoms with E-state index in [2.05, 4.69) is 0 Å². The van der Waals surface area contributed by atoms with Gasteiger partial charge in [-0.25, -0.2) is 12.7 Å². The number of hydrogen-bond donors (Lipinski definition) is 0. The van der Waals surface area contributed by atoms with Gasteiger partial charge in [-0.3, -0.25) is 4.79 Å². The second-order valence-corrected chi connectivity index (χ2v) is 7.34. The van der Waals surface area contributed by atoms with Gasteiger partial charge in [0, 0.05) is 31.6 Å². The van der Waals surface area contributed by atoms with Crippen LogP contribution in [-0.2, 0) is 14.8 Å². The molecule has 1 spiro atoms.